The molecule has 0 aliphatic carbocycles. The van der Waals surface area contributed by atoms with E-state index in [0.717, 1.165) is 29.7 Å². The first-order valence-electron chi connectivity index (χ1n) is 13.3. The first-order valence-corrected chi connectivity index (χ1v) is 13.3. The second-order valence-corrected chi connectivity index (χ2v) is 9.17. The summed E-state index contributed by atoms with van der Waals surface area (Å²) in [5.74, 6) is 0.708. The Bertz CT molecular complexity index is 887. The van der Waals surface area contributed by atoms with Crippen LogP contribution in [-0.4, -0.2) is 25.1 Å². The molecule has 0 bridgehead atoms. The molecule has 190 valence electrons. The van der Waals surface area contributed by atoms with E-state index in [9.17, 15) is 4.79 Å². The topological polar surface area (TPSA) is 47.9 Å². The Labute approximate surface area is 212 Å². The highest BCUT2D eigenvalue weighted by Gasteiger charge is 2.06. The van der Waals surface area contributed by atoms with Crippen molar-refractivity contribution in [2.75, 3.05) is 13.2 Å². The summed E-state index contributed by atoms with van der Waals surface area (Å²) in [7, 11) is 0. The van der Waals surface area contributed by atoms with Crippen molar-refractivity contribution in [3.8, 4) is 0 Å². The number of carbonyl (C=O) groups excluding carboxylic acids is 1. The first kappa shape index (κ1) is 28.4. The summed E-state index contributed by atoms with van der Waals surface area (Å²) in [6.07, 6.45) is 14.4. The molecule has 0 N–H and O–H groups in total. The van der Waals surface area contributed by atoms with E-state index in [1.807, 2.05) is 54.6 Å². The van der Waals surface area contributed by atoms with Gasteiger partial charge in [0.05, 0.1) is 18.9 Å². The van der Waals surface area contributed by atoms with Crippen LogP contribution < -0.4 is 0 Å². The Morgan fingerprint density at radius 2 is 1.51 bits per heavy atom. The number of unbranched alkanes of at least 4 members (excludes halogenated alkanes) is 7. The number of aliphatic imine (C=N–C) groups is 1. The van der Waals surface area contributed by atoms with Crippen molar-refractivity contribution in [1.82, 2.24) is 0 Å². The van der Waals surface area contributed by atoms with Crippen molar-refractivity contribution in [2.24, 2.45) is 10.9 Å². The third kappa shape index (κ3) is 12.4. The zero-order valence-corrected chi connectivity index (χ0v) is 21.9. The van der Waals surface area contributed by atoms with Gasteiger partial charge in [-0.2, -0.15) is 0 Å². The standard InChI is InChI=1S/C31H43NO3/c1-4-6-7-8-9-10-11-15-24-34-31(28-16-13-12-14-17-28)32-29-21-18-27(19-22-29)20-23-30(33)35-25-26(3)5-2/h12-14,16-23,26H,4-11,15,24-25H2,1-3H3. The van der Waals surface area contributed by atoms with Crippen LogP contribution in [-0.2, 0) is 14.3 Å². The van der Waals surface area contributed by atoms with E-state index in [2.05, 4.69) is 20.8 Å². The van der Waals surface area contributed by atoms with Crippen LogP contribution in [0.15, 0.2) is 65.7 Å². The van der Waals surface area contributed by atoms with Gasteiger partial charge >= 0.3 is 5.97 Å². The van der Waals surface area contributed by atoms with Crippen molar-refractivity contribution < 1.29 is 14.3 Å². The predicted molar refractivity (Wildman–Crippen MR) is 147 cm³/mol. The van der Waals surface area contributed by atoms with E-state index in [0.29, 0.717) is 25.0 Å². The normalized spacial score (nSPS) is 12.6. The van der Waals surface area contributed by atoms with E-state index in [1.54, 1.807) is 6.08 Å². The van der Waals surface area contributed by atoms with Gasteiger partial charge in [-0.3, -0.25) is 0 Å². The second-order valence-electron chi connectivity index (χ2n) is 9.17. The summed E-state index contributed by atoms with van der Waals surface area (Å²) in [6.45, 7) is 7.53. The van der Waals surface area contributed by atoms with E-state index in [-0.39, 0.29) is 5.97 Å². The molecule has 4 nitrogen and oxygen atoms in total. The minimum atomic E-state index is -0.312. The molecular formula is C31H43NO3. The van der Waals surface area contributed by atoms with E-state index in [1.165, 1.54) is 51.0 Å². The first-order chi connectivity index (χ1) is 17.1. The summed E-state index contributed by atoms with van der Waals surface area (Å²) in [5.41, 5.74) is 2.71. The Kier molecular flexibility index (Phi) is 14.2. The molecule has 0 aliphatic heterocycles. The van der Waals surface area contributed by atoms with E-state index >= 15 is 0 Å². The van der Waals surface area contributed by atoms with Crippen LogP contribution in [0.4, 0.5) is 5.69 Å². The molecule has 0 aliphatic rings. The van der Waals surface area contributed by atoms with Crippen LogP contribution in [0, 0.1) is 5.92 Å². The van der Waals surface area contributed by atoms with Gasteiger partial charge in [-0.05, 0) is 48.2 Å². The third-order valence-electron chi connectivity index (χ3n) is 6.00. The quantitative estimate of drug-likeness (QED) is 0.0800. The van der Waals surface area contributed by atoms with Crippen molar-refractivity contribution in [3.63, 3.8) is 0 Å². The van der Waals surface area contributed by atoms with Gasteiger partial charge in [0.1, 0.15) is 0 Å². The molecule has 0 fully saturated rings. The molecule has 0 aromatic heterocycles. The average Bonchev–Trinajstić information content (AvgIpc) is 2.90. The lowest BCUT2D eigenvalue weighted by Crippen LogP contribution is -2.08. The van der Waals surface area contributed by atoms with Crippen LogP contribution in [0.1, 0.15) is 89.7 Å². The summed E-state index contributed by atoms with van der Waals surface area (Å²) >= 11 is 0. The molecule has 2 rings (SSSR count). The summed E-state index contributed by atoms with van der Waals surface area (Å²) < 4.78 is 11.4. The Morgan fingerprint density at radius 3 is 2.17 bits per heavy atom. The fourth-order valence-electron chi connectivity index (χ4n) is 3.50. The summed E-state index contributed by atoms with van der Waals surface area (Å²) in [6, 6.07) is 17.8. The van der Waals surface area contributed by atoms with Gasteiger partial charge in [-0.25, -0.2) is 9.79 Å². The fourth-order valence-corrected chi connectivity index (χ4v) is 3.50. The number of rotatable bonds is 16. The predicted octanol–water partition coefficient (Wildman–Crippen LogP) is 8.52. The van der Waals surface area contributed by atoms with Gasteiger partial charge in [0.2, 0.25) is 5.90 Å². The number of hydrogen-bond acceptors (Lipinski definition) is 4. The largest absolute Gasteiger partial charge is 0.477 e. The van der Waals surface area contributed by atoms with Crippen molar-refractivity contribution >= 4 is 23.6 Å². The van der Waals surface area contributed by atoms with Gasteiger partial charge in [-0.15, -0.1) is 0 Å². The smallest absolute Gasteiger partial charge is 0.330 e. The minimum absolute atomic E-state index is 0.312. The number of ether oxygens (including phenoxy) is 2. The lowest BCUT2D eigenvalue weighted by atomic mass is 10.1. The van der Waals surface area contributed by atoms with Crippen molar-refractivity contribution in [2.45, 2.75) is 78.6 Å². The Hall–Kier alpha value is -2.88. The molecule has 0 saturated heterocycles. The van der Waals surface area contributed by atoms with Gasteiger partial charge in [0.25, 0.3) is 0 Å². The van der Waals surface area contributed by atoms with Gasteiger partial charge in [0.15, 0.2) is 0 Å². The zero-order valence-electron chi connectivity index (χ0n) is 21.9. The van der Waals surface area contributed by atoms with E-state index in [4.69, 9.17) is 14.5 Å². The maximum Gasteiger partial charge on any atom is 0.330 e. The molecule has 0 heterocycles. The van der Waals surface area contributed by atoms with Gasteiger partial charge < -0.3 is 9.47 Å². The number of esters is 1. The highest BCUT2D eigenvalue weighted by Crippen LogP contribution is 2.17. The highest BCUT2D eigenvalue weighted by molar-refractivity contribution is 5.95. The van der Waals surface area contributed by atoms with Crippen molar-refractivity contribution in [3.05, 3.63) is 71.8 Å². The lowest BCUT2D eigenvalue weighted by Gasteiger charge is -2.10. The molecule has 1 unspecified atom stereocenters. The molecule has 2 aromatic rings. The molecular weight excluding hydrogens is 434 g/mol. The number of hydrogen-bond donors (Lipinski definition) is 0. The number of nitrogens with zero attached hydrogens (tertiary/aromatic N) is 1. The van der Waals surface area contributed by atoms with Crippen LogP contribution in [0.5, 0.6) is 0 Å². The van der Waals surface area contributed by atoms with Gasteiger partial charge in [0, 0.05) is 11.6 Å². The summed E-state index contributed by atoms with van der Waals surface area (Å²) in [5, 5.41) is 0. The van der Waals surface area contributed by atoms with Crippen LogP contribution >= 0.6 is 0 Å². The fraction of sp³-hybridized carbons (Fsp3) is 0.484. The third-order valence-corrected chi connectivity index (χ3v) is 6.00. The SMILES string of the molecule is CCCCCCCCCCOC(=Nc1ccc(C=CC(=O)OCC(C)CC)cc1)c1ccccc1. The number of benzene rings is 2. The molecule has 0 amide bonds. The molecule has 0 radical (unpaired) electrons. The van der Waals surface area contributed by atoms with E-state index < -0.39 is 0 Å². The second kappa shape index (κ2) is 17.5. The maximum absolute atomic E-state index is 11.9. The van der Waals surface area contributed by atoms with Crippen LogP contribution in [0.25, 0.3) is 6.08 Å². The van der Waals surface area contributed by atoms with Crippen LogP contribution in [0.2, 0.25) is 0 Å². The summed E-state index contributed by atoms with van der Waals surface area (Å²) in [4.78, 5) is 16.7. The van der Waals surface area contributed by atoms with Crippen LogP contribution in [0.3, 0.4) is 0 Å². The highest BCUT2D eigenvalue weighted by atomic mass is 16.5. The van der Waals surface area contributed by atoms with Crippen molar-refractivity contribution in [1.29, 1.82) is 0 Å². The monoisotopic (exact) mass is 477 g/mol. The maximum atomic E-state index is 11.9. The molecule has 35 heavy (non-hydrogen) atoms. The molecule has 1 atom stereocenters. The number of carbonyl (C=O) groups is 1. The van der Waals surface area contributed by atoms with Gasteiger partial charge in [-0.1, -0.05) is 102 Å². The minimum Gasteiger partial charge on any atom is -0.477 e. The Morgan fingerprint density at radius 1 is 0.857 bits per heavy atom. The molecule has 4 heteroatoms. The molecule has 2 aromatic carbocycles. The average molecular weight is 478 g/mol. The Balaban J connectivity index is 1.90. The lowest BCUT2D eigenvalue weighted by molar-refractivity contribution is -0.138. The molecule has 0 saturated carbocycles. The zero-order chi connectivity index (χ0) is 25.1. The molecule has 0 spiro atoms.